The van der Waals surface area contributed by atoms with Crippen molar-refractivity contribution in [2.45, 2.75) is 26.7 Å². The van der Waals surface area contributed by atoms with Crippen LogP contribution in [0.15, 0.2) is 0 Å². The second-order valence-corrected chi connectivity index (χ2v) is 4.96. The summed E-state index contributed by atoms with van der Waals surface area (Å²) >= 11 is 0. The number of ether oxygens (including phenoxy) is 1. The Kier molecular flexibility index (Phi) is 6.80. The summed E-state index contributed by atoms with van der Waals surface area (Å²) in [6.07, 6.45) is 1.62. The van der Waals surface area contributed by atoms with Gasteiger partial charge in [0.2, 0.25) is 5.82 Å². The molecule has 8 heteroatoms. The van der Waals surface area contributed by atoms with Crippen LogP contribution in [0.3, 0.4) is 0 Å². The van der Waals surface area contributed by atoms with Crippen molar-refractivity contribution >= 4 is 11.5 Å². The first-order chi connectivity index (χ1) is 9.95. The van der Waals surface area contributed by atoms with Gasteiger partial charge in [-0.1, -0.05) is 6.92 Å². The summed E-state index contributed by atoms with van der Waals surface area (Å²) < 4.78 is 5.37. The average molecular weight is 297 g/mol. The fourth-order valence-electron chi connectivity index (χ4n) is 1.73. The highest BCUT2D eigenvalue weighted by molar-refractivity contribution is 5.61. The third-order valence-corrected chi connectivity index (χ3v) is 2.66. The molecule has 1 rings (SSSR count). The van der Waals surface area contributed by atoms with E-state index in [1.807, 2.05) is 21.0 Å². The Hall–Kier alpha value is -1.96. The molecule has 0 spiro atoms. The van der Waals surface area contributed by atoms with Crippen LogP contribution in [0.4, 0.5) is 11.5 Å². The van der Waals surface area contributed by atoms with E-state index < -0.39 is 4.92 Å². The van der Waals surface area contributed by atoms with E-state index in [9.17, 15) is 10.1 Å². The molecule has 0 radical (unpaired) electrons. The van der Waals surface area contributed by atoms with Gasteiger partial charge in [-0.05, 0) is 40.4 Å². The molecule has 0 atom stereocenters. The van der Waals surface area contributed by atoms with Gasteiger partial charge in [-0.3, -0.25) is 10.1 Å². The third kappa shape index (κ3) is 5.50. The van der Waals surface area contributed by atoms with Crippen LogP contribution in [-0.4, -0.2) is 53.6 Å². The minimum absolute atomic E-state index is 0.0319. The van der Waals surface area contributed by atoms with Crippen molar-refractivity contribution in [2.75, 3.05) is 39.1 Å². The lowest BCUT2D eigenvalue weighted by Crippen LogP contribution is -2.17. The predicted octanol–water partition coefficient (Wildman–Crippen LogP) is 1.85. The number of hydrogen-bond donors (Lipinski definition) is 1. The van der Waals surface area contributed by atoms with Gasteiger partial charge in [0.1, 0.15) is 5.82 Å². The maximum absolute atomic E-state index is 11.3. The first-order valence-electron chi connectivity index (χ1n) is 7.00. The van der Waals surface area contributed by atoms with Gasteiger partial charge in [-0.2, -0.15) is 4.98 Å². The number of nitro groups is 1. The molecule has 1 aromatic rings. The first kappa shape index (κ1) is 17.1. The van der Waals surface area contributed by atoms with E-state index in [1.165, 1.54) is 0 Å². The fraction of sp³-hybridized carbons (Fsp3) is 0.692. The molecule has 0 saturated heterocycles. The van der Waals surface area contributed by atoms with Crippen molar-refractivity contribution in [1.29, 1.82) is 0 Å². The molecular weight excluding hydrogens is 274 g/mol. The van der Waals surface area contributed by atoms with E-state index in [1.54, 1.807) is 6.92 Å². The lowest BCUT2D eigenvalue weighted by Gasteiger charge is -2.12. The van der Waals surface area contributed by atoms with Gasteiger partial charge in [0.25, 0.3) is 5.88 Å². The number of aromatic nitrogens is 2. The van der Waals surface area contributed by atoms with Gasteiger partial charge in [0.15, 0.2) is 0 Å². The molecule has 21 heavy (non-hydrogen) atoms. The molecule has 8 nitrogen and oxygen atoms in total. The predicted molar refractivity (Wildman–Crippen MR) is 80.9 cm³/mol. The minimum atomic E-state index is -0.501. The van der Waals surface area contributed by atoms with Crippen LogP contribution < -0.4 is 10.1 Å². The van der Waals surface area contributed by atoms with E-state index in [0.29, 0.717) is 19.0 Å². The van der Waals surface area contributed by atoms with Gasteiger partial charge < -0.3 is 15.0 Å². The maximum Gasteiger partial charge on any atom is 0.372 e. The zero-order valence-corrected chi connectivity index (χ0v) is 13.0. The molecule has 1 heterocycles. The maximum atomic E-state index is 11.3. The summed E-state index contributed by atoms with van der Waals surface area (Å²) in [7, 11) is 3.96. The lowest BCUT2D eigenvalue weighted by molar-refractivity contribution is -0.385. The van der Waals surface area contributed by atoms with Crippen molar-refractivity contribution in [1.82, 2.24) is 14.9 Å². The summed E-state index contributed by atoms with van der Waals surface area (Å²) in [5.74, 6) is 0.698. The molecule has 118 valence electrons. The highest BCUT2D eigenvalue weighted by Gasteiger charge is 2.25. The molecule has 0 aliphatic carbocycles. The molecule has 0 aliphatic heterocycles. The van der Waals surface area contributed by atoms with Crippen molar-refractivity contribution in [3.05, 3.63) is 15.9 Å². The summed E-state index contributed by atoms with van der Waals surface area (Å²) in [5, 5.41) is 14.3. The second-order valence-electron chi connectivity index (χ2n) is 4.96. The zero-order valence-electron chi connectivity index (χ0n) is 13.0. The summed E-state index contributed by atoms with van der Waals surface area (Å²) in [6, 6.07) is 0. The van der Waals surface area contributed by atoms with Gasteiger partial charge in [-0.15, -0.1) is 0 Å². The summed E-state index contributed by atoms with van der Waals surface area (Å²) in [5.41, 5.74) is -0.195. The van der Waals surface area contributed by atoms with Crippen LogP contribution >= 0.6 is 0 Å². The zero-order chi connectivity index (χ0) is 15.8. The van der Waals surface area contributed by atoms with Gasteiger partial charge in [0.05, 0.1) is 11.5 Å². The molecule has 0 saturated carbocycles. The summed E-state index contributed by atoms with van der Waals surface area (Å²) in [4.78, 5) is 21.0. The standard InChI is InChI=1S/C13H23N5O3/c1-5-9-21-13-11(18(19)20)12(15-10(2)16-13)14-7-6-8-17(3)4/h5-9H2,1-4H3,(H,14,15,16). The molecule has 1 N–H and O–H groups in total. The minimum Gasteiger partial charge on any atom is -0.473 e. The monoisotopic (exact) mass is 297 g/mol. The Morgan fingerprint density at radius 2 is 2.10 bits per heavy atom. The molecule has 0 amide bonds. The molecule has 0 aromatic carbocycles. The van der Waals surface area contributed by atoms with Crippen LogP contribution in [0.2, 0.25) is 0 Å². The molecule has 0 aliphatic rings. The van der Waals surface area contributed by atoms with E-state index in [0.717, 1.165) is 19.4 Å². The van der Waals surface area contributed by atoms with Gasteiger partial charge >= 0.3 is 5.69 Å². The SMILES string of the molecule is CCCOc1nc(C)nc(NCCCN(C)C)c1[N+](=O)[O-]. The van der Waals surface area contributed by atoms with Crippen molar-refractivity contribution in [3.63, 3.8) is 0 Å². The molecule has 1 aromatic heterocycles. The first-order valence-corrected chi connectivity index (χ1v) is 7.00. The largest absolute Gasteiger partial charge is 0.473 e. The van der Waals surface area contributed by atoms with E-state index in [2.05, 4.69) is 20.2 Å². The molecule has 0 bridgehead atoms. The van der Waals surface area contributed by atoms with Crippen LogP contribution in [-0.2, 0) is 0 Å². The topological polar surface area (TPSA) is 93.4 Å². The fourth-order valence-corrected chi connectivity index (χ4v) is 1.73. The highest BCUT2D eigenvalue weighted by Crippen LogP contribution is 2.31. The highest BCUT2D eigenvalue weighted by atomic mass is 16.6. The van der Waals surface area contributed by atoms with E-state index in [4.69, 9.17) is 4.74 Å². The van der Waals surface area contributed by atoms with Gasteiger partial charge in [-0.25, -0.2) is 4.98 Å². The number of aryl methyl sites for hydroxylation is 1. The Labute approximate surface area is 124 Å². The Balaban J connectivity index is 2.89. The van der Waals surface area contributed by atoms with Crippen LogP contribution in [0.25, 0.3) is 0 Å². The quantitative estimate of drug-likeness (QED) is 0.422. The Morgan fingerprint density at radius 3 is 2.67 bits per heavy atom. The lowest BCUT2D eigenvalue weighted by atomic mass is 10.3. The van der Waals surface area contributed by atoms with Crippen molar-refractivity contribution in [3.8, 4) is 5.88 Å². The number of hydrogen-bond acceptors (Lipinski definition) is 7. The Bertz CT molecular complexity index is 479. The average Bonchev–Trinajstić information content (AvgIpc) is 2.40. The third-order valence-electron chi connectivity index (χ3n) is 2.66. The van der Waals surface area contributed by atoms with Gasteiger partial charge in [0, 0.05) is 6.54 Å². The molecular formula is C13H23N5O3. The van der Waals surface area contributed by atoms with Crippen LogP contribution in [0.1, 0.15) is 25.6 Å². The normalized spacial score (nSPS) is 10.7. The number of rotatable bonds is 9. The summed E-state index contributed by atoms with van der Waals surface area (Å²) in [6.45, 7) is 5.50. The van der Waals surface area contributed by atoms with Crippen LogP contribution in [0, 0.1) is 17.0 Å². The van der Waals surface area contributed by atoms with Crippen molar-refractivity contribution < 1.29 is 9.66 Å². The number of anilines is 1. The van der Waals surface area contributed by atoms with E-state index >= 15 is 0 Å². The smallest absolute Gasteiger partial charge is 0.372 e. The van der Waals surface area contributed by atoms with Crippen LogP contribution in [0.5, 0.6) is 5.88 Å². The number of nitrogens with one attached hydrogen (secondary N) is 1. The molecule has 0 fully saturated rings. The second kappa shape index (κ2) is 8.35. The van der Waals surface area contributed by atoms with Crippen molar-refractivity contribution in [2.24, 2.45) is 0 Å². The molecule has 0 unspecified atom stereocenters. The number of nitrogens with zero attached hydrogens (tertiary/aromatic N) is 4. The van der Waals surface area contributed by atoms with E-state index in [-0.39, 0.29) is 17.4 Å². The Morgan fingerprint density at radius 1 is 1.38 bits per heavy atom.